The van der Waals surface area contributed by atoms with Gasteiger partial charge in [-0.1, -0.05) is 47.1 Å². The summed E-state index contributed by atoms with van der Waals surface area (Å²) in [6.45, 7) is 3.60. The van der Waals surface area contributed by atoms with E-state index >= 15 is 0 Å². The summed E-state index contributed by atoms with van der Waals surface area (Å²) in [6, 6.07) is 16.1. The predicted octanol–water partition coefficient (Wildman–Crippen LogP) is 3.23. The van der Waals surface area contributed by atoms with E-state index in [1.807, 2.05) is 18.2 Å². The van der Waals surface area contributed by atoms with Crippen LogP contribution in [0, 0.1) is 0 Å². The molecule has 0 amide bonds. The zero-order chi connectivity index (χ0) is 17.5. The Morgan fingerprint density at radius 1 is 1.04 bits per heavy atom. The van der Waals surface area contributed by atoms with Gasteiger partial charge in [0.15, 0.2) is 0 Å². The van der Waals surface area contributed by atoms with Gasteiger partial charge in [-0.15, -0.1) is 0 Å². The molecule has 1 heterocycles. The van der Waals surface area contributed by atoms with Crippen LogP contribution in [0.15, 0.2) is 59.8 Å². The SMILES string of the molecule is O=C(ON=C(CN1CCOCC1)c1ccc(Cl)cc1)c1ccccc1. The number of rotatable bonds is 5. The van der Waals surface area contributed by atoms with Crippen molar-refractivity contribution in [2.24, 2.45) is 5.16 Å². The van der Waals surface area contributed by atoms with Crippen molar-refractivity contribution in [1.82, 2.24) is 4.90 Å². The highest BCUT2D eigenvalue weighted by atomic mass is 35.5. The Labute approximate surface area is 151 Å². The molecule has 0 aliphatic carbocycles. The van der Waals surface area contributed by atoms with Crippen LogP contribution < -0.4 is 0 Å². The van der Waals surface area contributed by atoms with Crippen LogP contribution in [0.25, 0.3) is 0 Å². The fourth-order valence-electron chi connectivity index (χ4n) is 2.51. The molecule has 2 aromatic carbocycles. The summed E-state index contributed by atoms with van der Waals surface area (Å²) in [5.41, 5.74) is 2.02. The number of carbonyl (C=O) groups excluding carboxylic acids is 1. The average Bonchev–Trinajstić information content (AvgIpc) is 2.67. The fourth-order valence-corrected chi connectivity index (χ4v) is 2.64. The zero-order valence-electron chi connectivity index (χ0n) is 13.7. The quantitative estimate of drug-likeness (QED) is 0.468. The molecule has 0 spiro atoms. The summed E-state index contributed by atoms with van der Waals surface area (Å²) < 4.78 is 5.37. The van der Waals surface area contributed by atoms with Gasteiger partial charge in [0, 0.05) is 30.2 Å². The van der Waals surface area contributed by atoms with Crippen molar-refractivity contribution in [3.63, 3.8) is 0 Å². The molecular formula is C19H19ClN2O3. The molecule has 130 valence electrons. The molecule has 2 aromatic rings. The second-order valence-electron chi connectivity index (χ2n) is 5.68. The topological polar surface area (TPSA) is 51.1 Å². The zero-order valence-corrected chi connectivity index (χ0v) is 14.5. The molecule has 1 saturated heterocycles. The maximum absolute atomic E-state index is 12.1. The molecule has 1 aliphatic rings. The molecule has 25 heavy (non-hydrogen) atoms. The van der Waals surface area contributed by atoms with E-state index in [9.17, 15) is 4.79 Å². The van der Waals surface area contributed by atoms with Crippen molar-refractivity contribution in [2.45, 2.75) is 0 Å². The fraction of sp³-hybridized carbons (Fsp3) is 0.263. The standard InChI is InChI=1S/C19H19ClN2O3/c20-17-8-6-15(7-9-17)18(14-22-10-12-24-13-11-22)21-25-19(23)16-4-2-1-3-5-16/h1-9H,10-14H2. The first-order valence-electron chi connectivity index (χ1n) is 8.12. The summed E-state index contributed by atoms with van der Waals surface area (Å²) >= 11 is 5.96. The summed E-state index contributed by atoms with van der Waals surface area (Å²) in [4.78, 5) is 19.5. The normalized spacial score (nSPS) is 15.8. The molecule has 0 bridgehead atoms. The van der Waals surface area contributed by atoms with Crippen LogP contribution in [0.2, 0.25) is 5.02 Å². The van der Waals surface area contributed by atoms with Crippen LogP contribution in [0.1, 0.15) is 15.9 Å². The van der Waals surface area contributed by atoms with E-state index < -0.39 is 5.97 Å². The first-order valence-corrected chi connectivity index (χ1v) is 8.49. The van der Waals surface area contributed by atoms with Gasteiger partial charge in [0.2, 0.25) is 0 Å². The van der Waals surface area contributed by atoms with Crippen LogP contribution in [-0.2, 0) is 9.57 Å². The molecule has 5 nitrogen and oxygen atoms in total. The van der Waals surface area contributed by atoms with Crippen molar-refractivity contribution in [3.05, 3.63) is 70.7 Å². The lowest BCUT2D eigenvalue weighted by molar-refractivity contribution is 0.0432. The highest BCUT2D eigenvalue weighted by molar-refractivity contribution is 6.30. The summed E-state index contributed by atoms with van der Waals surface area (Å²) in [5, 5.41) is 4.78. The van der Waals surface area contributed by atoms with E-state index in [4.69, 9.17) is 21.2 Å². The molecule has 0 aromatic heterocycles. The highest BCUT2D eigenvalue weighted by Gasteiger charge is 2.16. The van der Waals surface area contributed by atoms with Crippen LogP contribution in [0.4, 0.5) is 0 Å². The Balaban J connectivity index is 1.77. The minimum absolute atomic E-state index is 0.466. The Kier molecular flexibility index (Phi) is 6.17. The number of benzene rings is 2. The third kappa shape index (κ3) is 5.13. The Hall–Kier alpha value is -2.21. The molecule has 6 heteroatoms. The Morgan fingerprint density at radius 3 is 2.40 bits per heavy atom. The van der Waals surface area contributed by atoms with Gasteiger partial charge in [0.1, 0.15) is 5.71 Å². The first-order chi connectivity index (χ1) is 12.2. The number of ether oxygens (including phenoxy) is 1. The number of hydrogen-bond acceptors (Lipinski definition) is 5. The van der Waals surface area contributed by atoms with Crippen LogP contribution in [0.3, 0.4) is 0 Å². The van der Waals surface area contributed by atoms with Gasteiger partial charge in [-0.05, 0) is 24.3 Å². The molecule has 0 saturated carbocycles. The first kappa shape index (κ1) is 17.6. The van der Waals surface area contributed by atoms with Crippen LogP contribution in [-0.4, -0.2) is 49.4 Å². The van der Waals surface area contributed by atoms with E-state index in [1.165, 1.54) is 0 Å². The van der Waals surface area contributed by atoms with Gasteiger partial charge in [0.05, 0.1) is 18.8 Å². The number of halogens is 1. The highest BCUT2D eigenvalue weighted by Crippen LogP contribution is 2.12. The van der Waals surface area contributed by atoms with Gasteiger partial charge in [-0.2, -0.15) is 0 Å². The molecule has 0 unspecified atom stereocenters. The molecular weight excluding hydrogens is 340 g/mol. The van der Waals surface area contributed by atoms with Gasteiger partial charge >= 0.3 is 5.97 Å². The molecule has 0 N–H and O–H groups in total. The lowest BCUT2D eigenvalue weighted by atomic mass is 10.1. The van der Waals surface area contributed by atoms with Gasteiger partial charge in [0.25, 0.3) is 0 Å². The second-order valence-corrected chi connectivity index (χ2v) is 6.11. The third-order valence-electron chi connectivity index (χ3n) is 3.90. The van der Waals surface area contributed by atoms with E-state index in [2.05, 4.69) is 10.1 Å². The molecule has 3 rings (SSSR count). The molecule has 1 fully saturated rings. The summed E-state index contributed by atoms with van der Waals surface area (Å²) in [6.07, 6.45) is 0. The minimum atomic E-state index is -0.478. The molecule has 1 aliphatic heterocycles. The monoisotopic (exact) mass is 358 g/mol. The number of morpholine rings is 1. The van der Waals surface area contributed by atoms with E-state index in [-0.39, 0.29) is 0 Å². The van der Waals surface area contributed by atoms with Crippen LogP contribution >= 0.6 is 11.6 Å². The maximum Gasteiger partial charge on any atom is 0.365 e. The minimum Gasteiger partial charge on any atom is -0.379 e. The van der Waals surface area contributed by atoms with Crippen LogP contribution in [0.5, 0.6) is 0 Å². The number of oxime groups is 1. The third-order valence-corrected chi connectivity index (χ3v) is 4.15. The lowest BCUT2D eigenvalue weighted by Gasteiger charge is -2.26. The van der Waals surface area contributed by atoms with E-state index in [0.29, 0.717) is 36.1 Å². The van der Waals surface area contributed by atoms with Crippen molar-refractivity contribution in [3.8, 4) is 0 Å². The lowest BCUT2D eigenvalue weighted by Crippen LogP contribution is -2.39. The summed E-state index contributed by atoms with van der Waals surface area (Å²) in [5.74, 6) is -0.478. The maximum atomic E-state index is 12.1. The number of nitrogens with zero attached hydrogens (tertiary/aromatic N) is 2. The smallest absolute Gasteiger partial charge is 0.365 e. The Morgan fingerprint density at radius 2 is 1.72 bits per heavy atom. The molecule has 0 radical (unpaired) electrons. The summed E-state index contributed by atoms with van der Waals surface area (Å²) in [7, 11) is 0. The number of carbonyl (C=O) groups is 1. The van der Waals surface area contributed by atoms with E-state index in [0.717, 1.165) is 18.7 Å². The second kappa shape index (κ2) is 8.76. The van der Waals surface area contributed by atoms with Gasteiger partial charge < -0.3 is 9.57 Å². The van der Waals surface area contributed by atoms with Crippen molar-refractivity contribution < 1.29 is 14.4 Å². The largest absolute Gasteiger partial charge is 0.379 e. The van der Waals surface area contributed by atoms with Crippen molar-refractivity contribution in [1.29, 1.82) is 0 Å². The average molecular weight is 359 g/mol. The number of hydrogen-bond donors (Lipinski definition) is 0. The van der Waals surface area contributed by atoms with Gasteiger partial charge in [-0.3, -0.25) is 4.90 Å². The van der Waals surface area contributed by atoms with Gasteiger partial charge in [-0.25, -0.2) is 4.79 Å². The predicted molar refractivity (Wildman–Crippen MR) is 97.1 cm³/mol. The van der Waals surface area contributed by atoms with E-state index in [1.54, 1.807) is 36.4 Å². The van der Waals surface area contributed by atoms with Crippen molar-refractivity contribution in [2.75, 3.05) is 32.8 Å². The molecule has 0 atom stereocenters. The van der Waals surface area contributed by atoms with Crippen molar-refractivity contribution >= 4 is 23.3 Å². The Bertz CT molecular complexity index is 726.